The summed E-state index contributed by atoms with van der Waals surface area (Å²) in [5.74, 6) is 0.966. The summed E-state index contributed by atoms with van der Waals surface area (Å²) in [6, 6.07) is 4.88. The van der Waals surface area contributed by atoms with E-state index in [1.807, 2.05) is 0 Å². The first-order valence-electron chi connectivity index (χ1n) is 6.22. The van der Waals surface area contributed by atoms with Gasteiger partial charge < -0.3 is 15.4 Å². The number of aliphatic imine (C=N–C) groups is 1. The minimum atomic E-state index is -3.81. The molecule has 0 fully saturated rings. The monoisotopic (exact) mass is 426 g/mol. The molecule has 0 saturated carbocycles. The second-order valence-corrected chi connectivity index (χ2v) is 5.92. The van der Waals surface area contributed by atoms with Gasteiger partial charge in [-0.3, -0.25) is 4.99 Å². The van der Waals surface area contributed by atoms with Gasteiger partial charge in [0.1, 0.15) is 10.6 Å². The lowest BCUT2D eigenvalue weighted by Crippen LogP contribution is -2.40. The van der Waals surface area contributed by atoms with E-state index in [2.05, 4.69) is 15.6 Å². The first kappa shape index (κ1) is 18.0. The van der Waals surface area contributed by atoms with Crippen LogP contribution in [0.2, 0.25) is 0 Å². The summed E-state index contributed by atoms with van der Waals surface area (Å²) in [7, 11) is -2.40. The molecular weight excluding hydrogens is 407 g/mol. The molecule has 0 spiro atoms. The Labute approximate surface area is 141 Å². The lowest BCUT2D eigenvalue weighted by molar-refractivity contribution is 0.402. The molecule has 0 aromatic heterocycles. The molecule has 4 N–H and O–H groups in total. The molecule has 1 heterocycles. The number of benzene rings is 1. The third kappa shape index (κ3) is 5.00. The lowest BCUT2D eigenvalue weighted by Gasteiger charge is -2.16. The second-order valence-electron chi connectivity index (χ2n) is 4.39. The van der Waals surface area contributed by atoms with Crippen LogP contribution in [0.4, 0.5) is 0 Å². The van der Waals surface area contributed by atoms with Crippen LogP contribution in [0.1, 0.15) is 12.0 Å². The number of halogens is 1. The number of methoxy groups -OCH3 is 1. The zero-order valence-electron chi connectivity index (χ0n) is 11.6. The third-order valence-electron chi connectivity index (χ3n) is 2.89. The van der Waals surface area contributed by atoms with Crippen molar-refractivity contribution < 1.29 is 13.2 Å². The maximum atomic E-state index is 11.5. The average molecular weight is 426 g/mol. The number of ether oxygens (including phenoxy) is 1. The van der Waals surface area contributed by atoms with Crippen molar-refractivity contribution in [2.24, 2.45) is 10.1 Å². The molecule has 21 heavy (non-hydrogen) atoms. The lowest BCUT2D eigenvalue weighted by atomic mass is 10.2. The highest BCUT2D eigenvalue weighted by molar-refractivity contribution is 14.0. The maximum absolute atomic E-state index is 11.5. The van der Waals surface area contributed by atoms with Gasteiger partial charge in [0.05, 0.1) is 7.11 Å². The fourth-order valence-electron chi connectivity index (χ4n) is 1.89. The molecule has 0 atom stereocenters. The standard InChI is InChI=1S/C12H18N4O3S.HI/c1-19-10-4-3-9(7-11(10)20(13,17)18)8-16-12-14-5-2-6-15-12;/h3-4,7H,2,5-6,8H2,1H3,(H2,13,17,18)(H2,14,15,16);1H. The van der Waals surface area contributed by atoms with Crippen LogP contribution in [-0.4, -0.2) is 34.6 Å². The smallest absolute Gasteiger partial charge is 0.241 e. The number of rotatable bonds is 4. The van der Waals surface area contributed by atoms with Crippen molar-refractivity contribution in [3.63, 3.8) is 0 Å². The van der Waals surface area contributed by atoms with Crippen LogP contribution in [0.3, 0.4) is 0 Å². The Hall–Kier alpha value is -1.07. The quantitative estimate of drug-likeness (QED) is 0.605. The summed E-state index contributed by atoms with van der Waals surface area (Å²) >= 11 is 0. The number of sulfonamides is 1. The van der Waals surface area contributed by atoms with Crippen molar-refractivity contribution in [2.75, 3.05) is 20.2 Å². The van der Waals surface area contributed by atoms with Gasteiger partial charge in [0, 0.05) is 19.6 Å². The molecule has 0 unspecified atom stereocenters. The summed E-state index contributed by atoms with van der Waals surface area (Å²) in [4.78, 5) is 4.26. The molecule has 0 amide bonds. The van der Waals surface area contributed by atoms with Gasteiger partial charge >= 0.3 is 0 Å². The summed E-state index contributed by atoms with van der Waals surface area (Å²) < 4.78 is 28.0. The van der Waals surface area contributed by atoms with Gasteiger partial charge in [0.2, 0.25) is 10.0 Å². The van der Waals surface area contributed by atoms with E-state index in [0.29, 0.717) is 6.54 Å². The van der Waals surface area contributed by atoms with Crippen LogP contribution in [0.15, 0.2) is 28.1 Å². The summed E-state index contributed by atoms with van der Waals surface area (Å²) in [5, 5.41) is 11.4. The molecular formula is C12H19IN4O3S. The minimum absolute atomic E-state index is 0. The number of nitrogens with zero attached hydrogens (tertiary/aromatic N) is 1. The van der Waals surface area contributed by atoms with Crippen LogP contribution in [-0.2, 0) is 16.6 Å². The SMILES string of the molecule is COc1ccc(CNC2=NCCCN2)cc1S(N)(=O)=O.I. The first-order valence-corrected chi connectivity index (χ1v) is 7.77. The maximum Gasteiger partial charge on any atom is 0.241 e. The molecule has 0 saturated heterocycles. The highest BCUT2D eigenvalue weighted by Gasteiger charge is 2.15. The molecule has 118 valence electrons. The summed E-state index contributed by atoms with van der Waals surface area (Å²) in [6.45, 7) is 2.13. The van der Waals surface area contributed by atoms with E-state index in [9.17, 15) is 8.42 Å². The van der Waals surface area contributed by atoms with E-state index in [4.69, 9.17) is 9.88 Å². The molecule has 1 aliphatic rings. The van der Waals surface area contributed by atoms with Gasteiger partial charge in [-0.05, 0) is 24.1 Å². The highest BCUT2D eigenvalue weighted by atomic mass is 127. The fourth-order valence-corrected chi connectivity index (χ4v) is 2.64. The van der Waals surface area contributed by atoms with Crippen LogP contribution < -0.4 is 20.5 Å². The Kier molecular flexibility index (Phi) is 6.68. The van der Waals surface area contributed by atoms with Crippen molar-refractivity contribution >= 4 is 40.0 Å². The van der Waals surface area contributed by atoms with Gasteiger partial charge in [0.15, 0.2) is 5.96 Å². The van der Waals surface area contributed by atoms with E-state index in [1.165, 1.54) is 13.2 Å². The van der Waals surface area contributed by atoms with Crippen LogP contribution in [0, 0.1) is 0 Å². The molecule has 0 aliphatic carbocycles. The number of primary sulfonamides is 1. The molecule has 0 radical (unpaired) electrons. The Morgan fingerprint density at radius 1 is 1.48 bits per heavy atom. The second kappa shape index (κ2) is 7.80. The molecule has 9 heteroatoms. The van der Waals surface area contributed by atoms with Crippen molar-refractivity contribution in [3.05, 3.63) is 23.8 Å². The van der Waals surface area contributed by atoms with Gasteiger partial charge in [-0.15, -0.1) is 24.0 Å². The van der Waals surface area contributed by atoms with Crippen LogP contribution in [0.25, 0.3) is 0 Å². The summed E-state index contributed by atoms with van der Waals surface area (Å²) in [6.07, 6.45) is 1.02. The van der Waals surface area contributed by atoms with E-state index < -0.39 is 10.0 Å². The van der Waals surface area contributed by atoms with Gasteiger partial charge in [0.25, 0.3) is 0 Å². The van der Waals surface area contributed by atoms with E-state index >= 15 is 0 Å². The zero-order chi connectivity index (χ0) is 14.6. The van der Waals surface area contributed by atoms with Crippen molar-refractivity contribution in [2.45, 2.75) is 17.9 Å². The molecule has 0 bridgehead atoms. The Bertz CT molecular complexity index is 619. The number of nitrogens with two attached hydrogens (primary N) is 1. The predicted octanol–water partition coefficient (Wildman–Crippen LogP) is 0.400. The van der Waals surface area contributed by atoms with E-state index in [0.717, 1.165) is 31.0 Å². The normalized spacial score (nSPS) is 14.5. The van der Waals surface area contributed by atoms with Gasteiger partial charge in [-0.25, -0.2) is 13.6 Å². The number of nitrogens with one attached hydrogen (secondary N) is 2. The first-order chi connectivity index (χ1) is 9.50. The zero-order valence-corrected chi connectivity index (χ0v) is 14.8. The number of guanidine groups is 1. The predicted molar refractivity (Wildman–Crippen MR) is 91.5 cm³/mol. The van der Waals surface area contributed by atoms with Gasteiger partial charge in [-0.1, -0.05) is 6.07 Å². The number of hydrogen-bond donors (Lipinski definition) is 3. The molecule has 2 rings (SSSR count). The van der Waals surface area contributed by atoms with E-state index in [-0.39, 0.29) is 34.6 Å². The molecule has 7 nitrogen and oxygen atoms in total. The average Bonchev–Trinajstić information content (AvgIpc) is 2.45. The highest BCUT2D eigenvalue weighted by Crippen LogP contribution is 2.23. The topological polar surface area (TPSA) is 106 Å². The van der Waals surface area contributed by atoms with Crippen LogP contribution >= 0.6 is 24.0 Å². The number of hydrogen-bond acceptors (Lipinski definition) is 6. The van der Waals surface area contributed by atoms with Gasteiger partial charge in [-0.2, -0.15) is 0 Å². The summed E-state index contributed by atoms with van der Waals surface area (Å²) in [5.41, 5.74) is 0.782. The molecule has 1 aliphatic heterocycles. The Balaban J connectivity index is 0.00000220. The molecule has 1 aromatic rings. The van der Waals surface area contributed by atoms with Crippen LogP contribution in [0.5, 0.6) is 5.75 Å². The molecule has 1 aromatic carbocycles. The fraction of sp³-hybridized carbons (Fsp3) is 0.417. The van der Waals surface area contributed by atoms with E-state index in [1.54, 1.807) is 12.1 Å². The van der Waals surface area contributed by atoms with Crippen molar-refractivity contribution in [1.29, 1.82) is 0 Å². The largest absolute Gasteiger partial charge is 0.495 e. The minimum Gasteiger partial charge on any atom is -0.495 e. The Morgan fingerprint density at radius 3 is 2.81 bits per heavy atom. The van der Waals surface area contributed by atoms with Crippen molar-refractivity contribution in [3.8, 4) is 5.75 Å². The third-order valence-corrected chi connectivity index (χ3v) is 3.82. The van der Waals surface area contributed by atoms with Crippen molar-refractivity contribution in [1.82, 2.24) is 10.6 Å². The Morgan fingerprint density at radius 2 is 2.24 bits per heavy atom.